The van der Waals surface area contributed by atoms with Crippen LogP contribution < -0.4 is 0 Å². The molecule has 30 heavy (non-hydrogen) atoms. The first-order valence-corrected chi connectivity index (χ1v) is 8.96. The van der Waals surface area contributed by atoms with Gasteiger partial charge in [-0.2, -0.15) is 27.5 Å². The molecule has 0 aromatic carbocycles. The molecule has 0 spiro atoms. The second-order valence-corrected chi connectivity index (χ2v) is 7.75. The van der Waals surface area contributed by atoms with Gasteiger partial charge < -0.3 is 0 Å². The summed E-state index contributed by atoms with van der Waals surface area (Å²) in [5.41, 5.74) is -3.43. The van der Waals surface area contributed by atoms with Crippen molar-refractivity contribution in [1.82, 2.24) is 9.97 Å². The number of pyridine rings is 2. The number of halogens is 8. The number of hydrogen-bond donors (Lipinski definition) is 0. The van der Waals surface area contributed by atoms with Gasteiger partial charge in [-0.05, 0) is 36.2 Å². The van der Waals surface area contributed by atoms with Crippen LogP contribution in [0.25, 0.3) is 5.57 Å². The van der Waals surface area contributed by atoms with E-state index in [0.717, 1.165) is 0 Å². The maximum absolute atomic E-state index is 14.5. The summed E-state index contributed by atoms with van der Waals surface area (Å²) in [6.45, 7) is 0. The second-order valence-electron chi connectivity index (χ2n) is 7.75. The van der Waals surface area contributed by atoms with E-state index in [9.17, 15) is 35.1 Å². The lowest BCUT2D eigenvalue weighted by Crippen LogP contribution is -2.32. The Morgan fingerprint density at radius 3 is 1.87 bits per heavy atom. The third kappa shape index (κ3) is 2.30. The molecule has 3 aliphatic carbocycles. The zero-order chi connectivity index (χ0) is 21.5. The van der Waals surface area contributed by atoms with E-state index in [-0.39, 0.29) is 24.3 Å². The summed E-state index contributed by atoms with van der Waals surface area (Å²) >= 11 is 0. The number of nitrogens with zero attached hydrogens (tertiary/aromatic N) is 2. The Morgan fingerprint density at radius 1 is 0.767 bits per heavy atom. The lowest BCUT2D eigenvalue weighted by Gasteiger charge is -2.32. The van der Waals surface area contributed by atoms with Gasteiger partial charge in [-0.1, -0.05) is 18.2 Å². The molecule has 0 N–H and O–H groups in total. The third-order valence-corrected chi connectivity index (χ3v) is 6.44. The quantitative estimate of drug-likeness (QED) is 0.375. The van der Waals surface area contributed by atoms with Gasteiger partial charge in [-0.15, -0.1) is 0 Å². The van der Waals surface area contributed by atoms with Gasteiger partial charge in [0.1, 0.15) is 0 Å². The van der Waals surface area contributed by atoms with Crippen molar-refractivity contribution in [3.63, 3.8) is 0 Å². The standard InChI is InChI=1S/C20H10F8N2/c21-12-10(13(22)17(26)29-16(12)25)7-3-8-6-1-2-20(5-6,9(8)4-7)11-14(23)18(27)30-19(28)15(11)24/h1-2,4,6,8-9H,3,5H2. The highest BCUT2D eigenvalue weighted by Crippen LogP contribution is 2.64. The number of hydrogen-bond acceptors (Lipinski definition) is 2. The third-order valence-electron chi connectivity index (χ3n) is 6.44. The monoisotopic (exact) mass is 430 g/mol. The minimum absolute atomic E-state index is 0.0442. The average molecular weight is 430 g/mol. The molecule has 2 aromatic rings. The Morgan fingerprint density at radius 2 is 1.30 bits per heavy atom. The normalized spacial score (nSPS) is 28.9. The first-order valence-electron chi connectivity index (χ1n) is 8.96. The Labute approximate surface area is 164 Å². The van der Waals surface area contributed by atoms with Gasteiger partial charge in [0, 0.05) is 11.0 Å². The Bertz CT molecular complexity index is 1120. The number of aromatic nitrogens is 2. The van der Waals surface area contributed by atoms with E-state index in [1.54, 1.807) is 6.08 Å². The summed E-state index contributed by atoms with van der Waals surface area (Å²) in [5, 5.41) is 0. The zero-order valence-corrected chi connectivity index (χ0v) is 14.8. The fraction of sp³-hybridized carbons (Fsp3) is 0.300. The SMILES string of the molecule is Fc1nc(F)c(F)c(C2=CC3C(C2)C2C=CC3(c3c(F)c(F)nc(F)c3F)C2)c1F. The lowest BCUT2D eigenvalue weighted by atomic mass is 9.70. The Balaban J connectivity index is 1.69. The molecule has 156 valence electrons. The molecule has 0 radical (unpaired) electrons. The van der Waals surface area contributed by atoms with Crippen LogP contribution in [0.4, 0.5) is 35.1 Å². The molecule has 2 nitrogen and oxygen atoms in total. The lowest BCUT2D eigenvalue weighted by molar-refractivity contribution is 0.328. The molecule has 0 aliphatic heterocycles. The number of fused-ring (bicyclic) bond motifs is 5. The van der Waals surface area contributed by atoms with Crippen LogP contribution in [-0.4, -0.2) is 9.97 Å². The van der Waals surface area contributed by atoms with Crippen LogP contribution in [0.2, 0.25) is 0 Å². The maximum Gasteiger partial charge on any atom is 0.252 e. The highest BCUT2D eigenvalue weighted by atomic mass is 19.2. The molecule has 1 saturated carbocycles. The van der Waals surface area contributed by atoms with Crippen LogP contribution >= 0.6 is 0 Å². The van der Waals surface area contributed by atoms with Gasteiger partial charge in [0.05, 0.1) is 5.56 Å². The summed E-state index contributed by atoms with van der Waals surface area (Å²) in [6, 6.07) is 0. The minimum Gasteiger partial charge on any atom is -0.201 e. The summed E-state index contributed by atoms with van der Waals surface area (Å²) < 4.78 is 112. The maximum atomic E-state index is 14.5. The predicted octanol–water partition coefficient (Wildman–Crippen LogP) is 5.14. The van der Waals surface area contributed by atoms with Crippen molar-refractivity contribution >= 4 is 5.57 Å². The van der Waals surface area contributed by atoms with Gasteiger partial charge in [0.15, 0.2) is 23.3 Å². The number of rotatable bonds is 2. The fourth-order valence-corrected chi connectivity index (χ4v) is 5.30. The number of allylic oxidation sites excluding steroid dienone is 4. The van der Waals surface area contributed by atoms with Gasteiger partial charge >= 0.3 is 0 Å². The van der Waals surface area contributed by atoms with E-state index in [2.05, 4.69) is 9.97 Å². The second kappa shape index (κ2) is 6.12. The van der Waals surface area contributed by atoms with Gasteiger partial charge in [0.25, 0.3) is 23.8 Å². The Kier molecular flexibility index (Phi) is 3.91. The van der Waals surface area contributed by atoms with E-state index >= 15 is 0 Å². The average Bonchev–Trinajstić information content (AvgIpc) is 3.37. The van der Waals surface area contributed by atoms with Crippen molar-refractivity contribution in [1.29, 1.82) is 0 Å². The van der Waals surface area contributed by atoms with Crippen molar-refractivity contribution in [2.45, 2.75) is 18.3 Å². The van der Waals surface area contributed by atoms with Crippen LogP contribution in [-0.2, 0) is 5.41 Å². The molecule has 0 saturated heterocycles. The molecule has 0 amide bonds. The van der Waals surface area contributed by atoms with Crippen molar-refractivity contribution in [3.05, 3.63) is 76.4 Å². The van der Waals surface area contributed by atoms with Crippen molar-refractivity contribution in [2.24, 2.45) is 17.8 Å². The molecule has 2 aromatic heterocycles. The molecule has 4 atom stereocenters. The van der Waals surface area contributed by atoms with Gasteiger partial charge in [0.2, 0.25) is 0 Å². The first-order chi connectivity index (χ1) is 14.2. The zero-order valence-electron chi connectivity index (χ0n) is 14.8. The summed E-state index contributed by atoms with van der Waals surface area (Å²) in [5.74, 6) is -15.5. The summed E-state index contributed by atoms with van der Waals surface area (Å²) in [4.78, 5) is 5.07. The van der Waals surface area contributed by atoms with Crippen molar-refractivity contribution in [2.75, 3.05) is 0 Å². The van der Waals surface area contributed by atoms with Crippen molar-refractivity contribution < 1.29 is 35.1 Å². The topological polar surface area (TPSA) is 25.8 Å². The molecular formula is C20H10F8N2. The molecule has 10 heteroatoms. The molecule has 4 unspecified atom stereocenters. The van der Waals surface area contributed by atoms with E-state index < -0.39 is 75.4 Å². The van der Waals surface area contributed by atoms with E-state index in [0.29, 0.717) is 0 Å². The van der Waals surface area contributed by atoms with Crippen LogP contribution in [0.1, 0.15) is 24.0 Å². The van der Waals surface area contributed by atoms with E-state index in [4.69, 9.17) is 0 Å². The summed E-state index contributed by atoms with van der Waals surface area (Å²) in [7, 11) is 0. The van der Waals surface area contributed by atoms with Gasteiger partial charge in [-0.3, -0.25) is 0 Å². The first kappa shape index (κ1) is 19.2. The Hall–Kier alpha value is -2.78. The highest BCUT2D eigenvalue weighted by molar-refractivity contribution is 5.71. The van der Waals surface area contributed by atoms with E-state index in [1.165, 1.54) is 12.2 Å². The molecular weight excluding hydrogens is 420 g/mol. The van der Waals surface area contributed by atoms with Crippen molar-refractivity contribution in [3.8, 4) is 0 Å². The highest BCUT2D eigenvalue weighted by Gasteiger charge is 2.59. The minimum atomic E-state index is -1.83. The smallest absolute Gasteiger partial charge is 0.201 e. The van der Waals surface area contributed by atoms with Crippen LogP contribution in [0.3, 0.4) is 0 Å². The summed E-state index contributed by atoms with van der Waals surface area (Å²) in [6.07, 6.45) is 4.38. The van der Waals surface area contributed by atoms with Crippen LogP contribution in [0.15, 0.2) is 18.2 Å². The molecule has 2 bridgehead atoms. The largest absolute Gasteiger partial charge is 0.252 e. The van der Waals surface area contributed by atoms with Crippen LogP contribution in [0.5, 0.6) is 0 Å². The molecule has 5 rings (SSSR count). The van der Waals surface area contributed by atoms with E-state index in [1.807, 2.05) is 0 Å². The molecule has 3 aliphatic rings. The van der Waals surface area contributed by atoms with Gasteiger partial charge in [-0.25, -0.2) is 17.6 Å². The van der Waals surface area contributed by atoms with Crippen LogP contribution in [0, 0.1) is 64.8 Å². The molecule has 1 fully saturated rings. The molecule has 2 heterocycles. The predicted molar refractivity (Wildman–Crippen MR) is 86.6 cm³/mol. The fourth-order valence-electron chi connectivity index (χ4n) is 5.30.